The van der Waals surface area contributed by atoms with Crippen LogP contribution in [0.5, 0.6) is 0 Å². The second kappa shape index (κ2) is 5.49. The quantitative estimate of drug-likeness (QED) is 0.806. The number of nitrogens with one attached hydrogen (secondary N) is 1. The fraction of sp³-hybridized carbons (Fsp3) is 0.333. The summed E-state index contributed by atoms with van der Waals surface area (Å²) in [6, 6.07) is 13.2. The number of anilines is 1. The zero-order chi connectivity index (χ0) is 14.1. The number of hydrogen-bond donors (Lipinski definition) is 1. The van der Waals surface area contributed by atoms with Gasteiger partial charge in [0.15, 0.2) is 0 Å². The van der Waals surface area contributed by atoms with Crippen molar-refractivity contribution in [1.29, 1.82) is 0 Å². The fourth-order valence-electron chi connectivity index (χ4n) is 3.14. The maximum Gasteiger partial charge on any atom is 0.0519 e. The number of rotatable bonds is 3. The highest BCUT2D eigenvalue weighted by Crippen LogP contribution is 2.36. The maximum absolute atomic E-state index is 6.08. The van der Waals surface area contributed by atoms with Crippen molar-refractivity contribution in [2.24, 2.45) is 0 Å². The highest BCUT2D eigenvalue weighted by atomic mass is 35.5. The lowest BCUT2D eigenvalue weighted by atomic mass is 10.0. The average molecular weight is 286 g/mol. The number of fused-ring (bicyclic) bond motifs is 1. The van der Waals surface area contributed by atoms with E-state index in [9.17, 15) is 0 Å². The molecule has 104 valence electrons. The zero-order valence-electron chi connectivity index (χ0n) is 12.0. The Hall–Kier alpha value is -1.47. The predicted molar refractivity (Wildman–Crippen MR) is 86.7 cm³/mol. The van der Waals surface area contributed by atoms with Crippen LogP contribution in [0.15, 0.2) is 36.4 Å². The summed E-state index contributed by atoms with van der Waals surface area (Å²) in [6.07, 6.45) is 3.32. The van der Waals surface area contributed by atoms with E-state index >= 15 is 0 Å². The Balaban J connectivity index is 1.91. The van der Waals surface area contributed by atoms with E-state index in [2.05, 4.69) is 49.5 Å². The first-order valence-corrected chi connectivity index (χ1v) is 7.70. The SMILES string of the molecule is CCc1cccc(C)c1NC1CCc2cc(Cl)ccc21. The van der Waals surface area contributed by atoms with Crippen molar-refractivity contribution in [3.8, 4) is 0 Å². The number of para-hydroxylation sites is 1. The molecule has 0 saturated heterocycles. The van der Waals surface area contributed by atoms with Gasteiger partial charge in [0.25, 0.3) is 0 Å². The molecule has 0 radical (unpaired) electrons. The molecule has 2 heteroatoms. The molecule has 0 aliphatic heterocycles. The summed E-state index contributed by atoms with van der Waals surface area (Å²) < 4.78 is 0. The molecule has 1 atom stereocenters. The third-order valence-corrected chi connectivity index (χ3v) is 4.48. The molecule has 20 heavy (non-hydrogen) atoms. The number of aryl methyl sites for hydroxylation is 3. The van der Waals surface area contributed by atoms with Crippen molar-refractivity contribution in [2.45, 2.75) is 39.2 Å². The minimum Gasteiger partial charge on any atom is -0.378 e. The first-order chi connectivity index (χ1) is 9.69. The molecule has 2 aromatic rings. The van der Waals surface area contributed by atoms with Gasteiger partial charge in [-0.25, -0.2) is 0 Å². The zero-order valence-corrected chi connectivity index (χ0v) is 12.8. The average Bonchev–Trinajstić information content (AvgIpc) is 2.83. The molecule has 0 heterocycles. The molecule has 1 nitrogen and oxygen atoms in total. The van der Waals surface area contributed by atoms with E-state index in [-0.39, 0.29) is 0 Å². The van der Waals surface area contributed by atoms with Crippen LogP contribution in [0, 0.1) is 6.92 Å². The van der Waals surface area contributed by atoms with Crippen molar-refractivity contribution in [1.82, 2.24) is 0 Å². The van der Waals surface area contributed by atoms with Gasteiger partial charge in [-0.1, -0.05) is 42.8 Å². The van der Waals surface area contributed by atoms with E-state index in [1.807, 2.05) is 6.07 Å². The Labute approximate surface area is 126 Å². The lowest BCUT2D eigenvalue weighted by Crippen LogP contribution is -2.10. The standard InChI is InChI=1S/C18H20ClN/c1-3-13-6-4-5-12(2)18(13)20-17-10-7-14-11-15(19)8-9-16(14)17/h4-6,8-9,11,17,20H,3,7,10H2,1-2H3. The van der Waals surface area contributed by atoms with Gasteiger partial charge in [0.1, 0.15) is 0 Å². The Bertz CT molecular complexity index is 633. The fourth-order valence-corrected chi connectivity index (χ4v) is 3.33. The van der Waals surface area contributed by atoms with E-state index in [1.165, 1.54) is 27.9 Å². The van der Waals surface area contributed by atoms with Gasteiger partial charge in [0, 0.05) is 10.7 Å². The summed E-state index contributed by atoms with van der Waals surface area (Å²) in [5, 5.41) is 4.60. The molecule has 0 spiro atoms. The summed E-state index contributed by atoms with van der Waals surface area (Å²) in [4.78, 5) is 0. The topological polar surface area (TPSA) is 12.0 Å². The van der Waals surface area contributed by atoms with Crippen LogP contribution in [0.2, 0.25) is 5.02 Å². The monoisotopic (exact) mass is 285 g/mol. The van der Waals surface area contributed by atoms with Crippen molar-refractivity contribution in [2.75, 3.05) is 5.32 Å². The van der Waals surface area contributed by atoms with E-state index in [1.54, 1.807) is 0 Å². The second-order valence-electron chi connectivity index (χ2n) is 5.54. The Morgan fingerprint density at radius 2 is 2.10 bits per heavy atom. The van der Waals surface area contributed by atoms with Gasteiger partial charge < -0.3 is 5.32 Å². The number of benzene rings is 2. The lowest BCUT2D eigenvalue weighted by Gasteiger charge is -2.20. The van der Waals surface area contributed by atoms with Crippen molar-refractivity contribution in [3.63, 3.8) is 0 Å². The molecule has 0 bridgehead atoms. The normalized spacial score (nSPS) is 17.1. The number of halogens is 1. The minimum atomic E-state index is 0.411. The third-order valence-electron chi connectivity index (χ3n) is 4.24. The van der Waals surface area contributed by atoms with Gasteiger partial charge >= 0.3 is 0 Å². The predicted octanol–water partition coefficient (Wildman–Crippen LogP) is 5.31. The van der Waals surface area contributed by atoms with Crippen molar-refractivity contribution >= 4 is 17.3 Å². The van der Waals surface area contributed by atoms with Crippen LogP contribution in [0.1, 0.15) is 41.6 Å². The summed E-state index contributed by atoms with van der Waals surface area (Å²) in [7, 11) is 0. The molecule has 0 saturated carbocycles. The molecule has 0 fully saturated rings. The molecule has 3 rings (SSSR count). The molecule has 0 amide bonds. The molecule has 2 aromatic carbocycles. The highest BCUT2D eigenvalue weighted by molar-refractivity contribution is 6.30. The van der Waals surface area contributed by atoms with Crippen LogP contribution in [-0.2, 0) is 12.8 Å². The lowest BCUT2D eigenvalue weighted by molar-refractivity contribution is 0.759. The van der Waals surface area contributed by atoms with E-state index in [0.29, 0.717) is 6.04 Å². The van der Waals surface area contributed by atoms with Crippen molar-refractivity contribution < 1.29 is 0 Å². The molecule has 1 unspecified atom stereocenters. The molecule has 1 N–H and O–H groups in total. The Kier molecular flexibility index (Phi) is 3.71. The van der Waals surface area contributed by atoms with Gasteiger partial charge in [-0.3, -0.25) is 0 Å². The summed E-state index contributed by atoms with van der Waals surface area (Å²) in [5.74, 6) is 0. The van der Waals surface area contributed by atoms with E-state index in [4.69, 9.17) is 11.6 Å². The maximum atomic E-state index is 6.08. The highest BCUT2D eigenvalue weighted by Gasteiger charge is 2.23. The first-order valence-electron chi connectivity index (χ1n) is 7.32. The Morgan fingerprint density at radius 3 is 2.90 bits per heavy atom. The molecular formula is C18H20ClN. The third kappa shape index (κ3) is 2.43. The van der Waals surface area contributed by atoms with E-state index < -0.39 is 0 Å². The second-order valence-corrected chi connectivity index (χ2v) is 5.98. The van der Waals surface area contributed by atoms with Crippen LogP contribution >= 0.6 is 11.6 Å². The van der Waals surface area contributed by atoms with Gasteiger partial charge in [-0.05, 0) is 60.6 Å². The largest absolute Gasteiger partial charge is 0.378 e. The minimum absolute atomic E-state index is 0.411. The smallest absolute Gasteiger partial charge is 0.0519 e. The summed E-state index contributed by atoms with van der Waals surface area (Å²) >= 11 is 6.08. The van der Waals surface area contributed by atoms with Crippen LogP contribution in [-0.4, -0.2) is 0 Å². The van der Waals surface area contributed by atoms with Gasteiger partial charge in [0.2, 0.25) is 0 Å². The Morgan fingerprint density at radius 1 is 1.25 bits per heavy atom. The van der Waals surface area contributed by atoms with Crippen LogP contribution < -0.4 is 5.32 Å². The van der Waals surface area contributed by atoms with Gasteiger partial charge in [-0.2, -0.15) is 0 Å². The summed E-state index contributed by atoms with van der Waals surface area (Å²) in [6.45, 7) is 4.39. The molecule has 1 aliphatic carbocycles. The number of hydrogen-bond acceptors (Lipinski definition) is 1. The molecule has 1 aliphatic rings. The van der Waals surface area contributed by atoms with Crippen molar-refractivity contribution in [3.05, 3.63) is 63.7 Å². The van der Waals surface area contributed by atoms with Crippen LogP contribution in [0.3, 0.4) is 0 Å². The molecular weight excluding hydrogens is 266 g/mol. The first kappa shape index (κ1) is 13.5. The molecule has 0 aromatic heterocycles. The van der Waals surface area contributed by atoms with E-state index in [0.717, 1.165) is 24.3 Å². The van der Waals surface area contributed by atoms with Crippen LogP contribution in [0.4, 0.5) is 5.69 Å². The van der Waals surface area contributed by atoms with Gasteiger partial charge in [-0.15, -0.1) is 0 Å². The summed E-state index contributed by atoms with van der Waals surface area (Å²) in [5.41, 5.74) is 6.82. The van der Waals surface area contributed by atoms with Crippen LogP contribution in [0.25, 0.3) is 0 Å². The van der Waals surface area contributed by atoms with Gasteiger partial charge in [0.05, 0.1) is 6.04 Å².